The van der Waals surface area contributed by atoms with Crippen molar-refractivity contribution in [3.05, 3.63) is 24.0 Å². The second kappa shape index (κ2) is 7.55. The van der Waals surface area contributed by atoms with Gasteiger partial charge in [-0.05, 0) is 19.2 Å². The molecule has 1 aromatic rings. The summed E-state index contributed by atoms with van der Waals surface area (Å²) in [6.07, 6.45) is -4.98. The summed E-state index contributed by atoms with van der Waals surface area (Å²) in [5.74, 6) is -2.46. The van der Waals surface area contributed by atoms with E-state index in [0.717, 1.165) is 31.3 Å². The summed E-state index contributed by atoms with van der Waals surface area (Å²) in [5.41, 5.74) is 0.0516. The number of nitrogens with zero attached hydrogens (tertiary/aromatic N) is 2. The maximum absolute atomic E-state index is 13.6. The molecule has 0 aromatic heterocycles. The summed E-state index contributed by atoms with van der Waals surface area (Å²) >= 11 is 0. The van der Waals surface area contributed by atoms with Crippen molar-refractivity contribution in [3.8, 4) is 5.75 Å². The minimum atomic E-state index is -4.98. The fourth-order valence-corrected chi connectivity index (χ4v) is 2.19. The minimum absolute atomic E-state index is 0.0168. The van der Waals surface area contributed by atoms with Crippen molar-refractivity contribution in [3.63, 3.8) is 0 Å². The van der Waals surface area contributed by atoms with Crippen molar-refractivity contribution in [2.75, 3.05) is 38.5 Å². The zero-order chi connectivity index (χ0) is 18.6. The van der Waals surface area contributed by atoms with Crippen molar-refractivity contribution in [1.29, 1.82) is 10.8 Å². The largest absolute Gasteiger partial charge is 0.573 e. The minimum Gasteiger partial charge on any atom is -0.403 e. The molecule has 1 saturated heterocycles. The number of halogens is 4. The number of rotatable bonds is 2. The highest BCUT2D eigenvalue weighted by Gasteiger charge is 2.32. The third-order valence-corrected chi connectivity index (χ3v) is 3.49. The molecule has 0 spiro atoms. The van der Waals surface area contributed by atoms with E-state index >= 15 is 0 Å². The Kier molecular flexibility index (Phi) is 5.67. The van der Waals surface area contributed by atoms with Crippen LogP contribution >= 0.6 is 0 Å². The van der Waals surface area contributed by atoms with Gasteiger partial charge in [-0.25, -0.2) is 4.39 Å². The van der Waals surface area contributed by atoms with E-state index in [-0.39, 0.29) is 17.6 Å². The molecule has 1 aliphatic rings. The highest BCUT2D eigenvalue weighted by molar-refractivity contribution is 6.02. The van der Waals surface area contributed by atoms with Gasteiger partial charge in [-0.2, -0.15) is 0 Å². The van der Waals surface area contributed by atoms with Crippen LogP contribution in [0.2, 0.25) is 0 Å². The lowest BCUT2D eigenvalue weighted by molar-refractivity contribution is -0.275. The molecule has 7 nitrogen and oxygen atoms in total. The van der Waals surface area contributed by atoms with Crippen LogP contribution in [0, 0.1) is 16.6 Å². The van der Waals surface area contributed by atoms with E-state index in [1.165, 1.54) is 0 Å². The molecular weight excluding hydrogens is 344 g/mol. The second-order valence-electron chi connectivity index (χ2n) is 5.46. The lowest BCUT2D eigenvalue weighted by atomic mass is 10.3. The van der Waals surface area contributed by atoms with Crippen molar-refractivity contribution in [2.24, 2.45) is 0 Å². The van der Waals surface area contributed by atoms with Crippen LogP contribution in [0.25, 0.3) is 0 Å². The summed E-state index contributed by atoms with van der Waals surface area (Å²) in [6, 6.07) is 2.72. The van der Waals surface area contributed by atoms with E-state index < -0.39 is 17.9 Å². The number of piperazine rings is 1. The lowest BCUT2D eigenvalue weighted by Gasteiger charge is -2.34. The molecule has 1 aromatic carbocycles. The average molecular weight is 362 g/mol. The summed E-state index contributed by atoms with van der Waals surface area (Å²) in [6.45, 7) is 2.84. The first kappa shape index (κ1) is 18.8. The van der Waals surface area contributed by atoms with Gasteiger partial charge in [0, 0.05) is 37.9 Å². The number of nitrogens with one attached hydrogen (secondary N) is 4. The first-order chi connectivity index (χ1) is 11.6. The average Bonchev–Trinajstić information content (AvgIpc) is 2.49. The quantitative estimate of drug-likeness (QED) is 0.366. The summed E-state index contributed by atoms with van der Waals surface area (Å²) in [4.78, 5) is 3.86. The Morgan fingerprint density at radius 3 is 2.36 bits per heavy atom. The molecule has 0 amide bonds. The van der Waals surface area contributed by atoms with E-state index in [1.54, 1.807) is 4.90 Å². The highest BCUT2D eigenvalue weighted by atomic mass is 19.4. The van der Waals surface area contributed by atoms with E-state index in [4.69, 9.17) is 10.8 Å². The first-order valence-corrected chi connectivity index (χ1v) is 7.34. The van der Waals surface area contributed by atoms with Gasteiger partial charge in [-0.3, -0.25) is 16.1 Å². The van der Waals surface area contributed by atoms with E-state index in [0.29, 0.717) is 13.1 Å². The van der Waals surface area contributed by atoms with Gasteiger partial charge in [0.25, 0.3) is 0 Å². The molecule has 138 valence electrons. The van der Waals surface area contributed by atoms with Gasteiger partial charge >= 0.3 is 6.36 Å². The number of benzene rings is 1. The van der Waals surface area contributed by atoms with Gasteiger partial charge in [0.2, 0.25) is 0 Å². The van der Waals surface area contributed by atoms with Gasteiger partial charge in [0.05, 0.1) is 0 Å². The number of anilines is 1. The predicted molar refractivity (Wildman–Crippen MR) is 84.4 cm³/mol. The van der Waals surface area contributed by atoms with Crippen LogP contribution in [0.5, 0.6) is 5.75 Å². The number of hydrogen-bond donors (Lipinski definition) is 4. The number of guanidine groups is 2. The molecule has 2 rings (SSSR count). The van der Waals surface area contributed by atoms with Crippen molar-refractivity contribution < 1.29 is 22.3 Å². The standard InChI is InChI=1S/C14H18F4N6O/c1-23-4-6-24(7-5-23)13(20)22-12(19)21-9-2-3-11(10(15)8-9)25-14(16,17)18/h2-3,8H,4-7H2,1H3,(H4,19,20,21,22). The van der Waals surface area contributed by atoms with Crippen molar-refractivity contribution in [2.45, 2.75) is 6.36 Å². The molecular formula is C14H18F4N6O. The fraction of sp³-hybridized carbons (Fsp3) is 0.429. The molecule has 1 aliphatic heterocycles. The van der Waals surface area contributed by atoms with Crippen LogP contribution in [0.1, 0.15) is 0 Å². The summed E-state index contributed by atoms with van der Waals surface area (Å²) in [7, 11) is 1.97. The number of hydrogen-bond acceptors (Lipinski definition) is 4. The number of ether oxygens (including phenoxy) is 1. The van der Waals surface area contributed by atoms with Crippen molar-refractivity contribution in [1.82, 2.24) is 15.1 Å². The molecule has 1 fully saturated rings. The Bertz CT molecular complexity index is 643. The van der Waals surface area contributed by atoms with E-state index in [9.17, 15) is 17.6 Å². The lowest BCUT2D eigenvalue weighted by Crippen LogP contribution is -2.52. The highest BCUT2D eigenvalue weighted by Crippen LogP contribution is 2.27. The number of alkyl halides is 3. The third-order valence-electron chi connectivity index (χ3n) is 3.49. The topological polar surface area (TPSA) is 87.5 Å². The normalized spacial score (nSPS) is 15.6. The van der Waals surface area contributed by atoms with Gasteiger partial charge in [0.1, 0.15) is 0 Å². The Labute approximate surface area is 141 Å². The molecule has 11 heteroatoms. The van der Waals surface area contributed by atoms with Gasteiger partial charge in [-0.1, -0.05) is 0 Å². The molecule has 0 radical (unpaired) electrons. The van der Waals surface area contributed by atoms with E-state index in [1.807, 2.05) is 7.05 Å². The van der Waals surface area contributed by atoms with Gasteiger partial charge < -0.3 is 19.9 Å². The molecule has 0 saturated carbocycles. The maximum Gasteiger partial charge on any atom is 0.573 e. The molecule has 0 atom stereocenters. The van der Waals surface area contributed by atoms with Crippen LogP contribution in [0.4, 0.5) is 23.2 Å². The predicted octanol–water partition coefficient (Wildman–Crippen LogP) is 1.84. The van der Waals surface area contributed by atoms with Crippen molar-refractivity contribution >= 4 is 17.6 Å². The summed E-state index contributed by atoms with van der Waals surface area (Å²) < 4.78 is 53.4. The van der Waals surface area contributed by atoms with Gasteiger partial charge in [0.15, 0.2) is 23.5 Å². The fourth-order valence-electron chi connectivity index (χ4n) is 2.19. The SMILES string of the molecule is CN1CCN(C(=N)NC(=N)Nc2ccc(OC(F)(F)F)c(F)c2)CC1. The first-order valence-electron chi connectivity index (χ1n) is 7.34. The number of likely N-dealkylation sites (N-methyl/N-ethyl adjacent to an activating group) is 1. The summed E-state index contributed by atoms with van der Waals surface area (Å²) in [5, 5.41) is 20.6. The molecule has 4 N–H and O–H groups in total. The van der Waals surface area contributed by atoms with Gasteiger partial charge in [-0.15, -0.1) is 13.2 Å². The molecule has 0 unspecified atom stereocenters. The van der Waals surface area contributed by atoms with Crippen LogP contribution < -0.4 is 15.4 Å². The molecule has 25 heavy (non-hydrogen) atoms. The van der Waals surface area contributed by atoms with Crippen LogP contribution in [0.15, 0.2) is 18.2 Å². The smallest absolute Gasteiger partial charge is 0.403 e. The second-order valence-corrected chi connectivity index (χ2v) is 5.46. The zero-order valence-corrected chi connectivity index (χ0v) is 13.4. The molecule has 0 bridgehead atoms. The maximum atomic E-state index is 13.6. The molecule has 0 aliphatic carbocycles. The third kappa shape index (κ3) is 5.78. The Morgan fingerprint density at radius 2 is 1.80 bits per heavy atom. The molecule has 1 heterocycles. The zero-order valence-electron chi connectivity index (χ0n) is 13.4. The monoisotopic (exact) mass is 362 g/mol. The van der Waals surface area contributed by atoms with Crippen LogP contribution in [0.3, 0.4) is 0 Å². The Balaban J connectivity index is 1.90. The van der Waals surface area contributed by atoms with Crippen LogP contribution in [-0.4, -0.2) is 61.3 Å². The van der Waals surface area contributed by atoms with E-state index in [2.05, 4.69) is 20.3 Å². The van der Waals surface area contributed by atoms with Crippen LogP contribution in [-0.2, 0) is 0 Å². The Hall–Kier alpha value is -2.56. The Morgan fingerprint density at radius 1 is 1.16 bits per heavy atom.